The molecule has 0 aliphatic heterocycles. The SMILES string of the molecule is CCCCC/C=C\C/C=C\CCCCCCCCCCCC(=O)OC(COC(=O)CCCCCCCCCCCCCCCCCCCCC)COP(=O)(O)OCC(CO)OC(=O)CCCCCCCCCCCCCCC. The summed E-state index contributed by atoms with van der Waals surface area (Å²) in [6.45, 7) is 4.70. The van der Waals surface area contributed by atoms with Gasteiger partial charge in [0.25, 0.3) is 0 Å². The first-order chi connectivity index (χ1) is 38.2. The predicted octanol–water partition coefficient (Wildman–Crippen LogP) is 20.2. The van der Waals surface area contributed by atoms with Crippen molar-refractivity contribution in [2.45, 2.75) is 354 Å². The first-order valence-electron chi connectivity index (χ1n) is 33.2. The van der Waals surface area contributed by atoms with E-state index in [9.17, 15) is 28.9 Å². The van der Waals surface area contributed by atoms with Crippen LogP contribution in [0.3, 0.4) is 0 Å². The second kappa shape index (κ2) is 61.0. The molecule has 0 saturated carbocycles. The highest BCUT2D eigenvalue weighted by atomic mass is 31.2. The maximum absolute atomic E-state index is 13.0. The Balaban J connectivity index is 4.65. The van der Waals surface area contributed by atoms with Crippen molar-refractivity contribution in [2.75, 3.05) is 26.4 Å². The zero-order valence-corrected chi connectivity index (χ0v) is 52.1. The summed E-state index contributed by atoms with van der Waals surface area (Å²) in [6, 6.07) is 0. The summed E-state index contributed by atoms with van der Waals surface area (Å²) in [5.41, 5.74) is 0. The molecule has 2 N–H and O–H groups in total. The molecule has 0 bridgehead atoms. The fourth-order valence-electron chi connectivity index (χ4n) is 9.80. The van der Waals surface area contributed by atoms with Gasteiger partial charge in [0.15, 0.2) is 6.10 Å². The quantitative estimate of drug-likeness (QED) is 0.0197. The molecular weight excluding hydrogens is 1000 g/mol. The van der Waals surface area contributed by atoms with Crippen molar-refractivity contribution in [3.05, 3.63) is 24.3 Å². The summed E-state index contributed by atoms with van der Waals surface area (Å²) in [5, 5.41) is 9.84. The molecule has 0 aliphatic rings. The van der Waals surface area contributed by atoms with Gasteiger partial charge in [0.1, 0.15) is 12.7 Å². The number of hydrogen-bond acceptors (Lipinski definition) is 10. The number of rotatable bonds is 63. The molecule has 0 radical (unpaired) electrons. The average Bonchev–Trinajstić information content (AvgIpc) is 3.43. The largest absolute Gasteiger partial charge is 0.472 e. The topological polar surface area (TPSA) is 155 Å². The van der Waals surface area contributed by atoms with Crippen LogP contribution in [-0.2, 0) is 42.2 Å². The number of esters is 3. The summed E-state index contributed by atoms with van der Waals surface area (Å²) in [6.07, 6.45) is 64.1. The van der Waals surface area contributed by atoms with Crippen LogP contribution in [0.1, 0.15) is 342 Å². The van der Waals surface area contributed by atoms with Crippen molar-refractivity contribution in [1.29, 1.82) is 0 Å². The molecule has 0 aromatic carbocycles. The van der Waals surface area contributed by atoms with Crippen molar-refractivity contribution < 1.29 is 52.2 Å². The minimum absolute atomic E-state index is 0.169. The monoisotopic (exact) mass is 1120 g/mol. The summed E-state index contributed by atoms with van der Waals surface area (Å²) in [4.78, 5) is 48.8. The van der Waals surface area contributed by atoms with Gasteiger partial charge in [-0.1, -0.05) is 295 Å². The third-order valence-electron chi connectivity index (χ3n) is 14.9. The molecule has 460 valence electrons. The van der Waals surface area contributed by atoms with Crippen molar-refractivity contribution >= 4 is 25.7 Å². The van der Waals surface area contributed by atoms with Gasteiger partial charge in [-0.2, -0.15) is 0 Å². The molecule has 0 rings (SSSR count). The lowest BCUT2D eigenvalue weighted by Crippen LogP contribution is -2.30. The molecule has 3 atom stereocenters. The van der Waals surface area contributed by atoms with Crippen LogP contribution in [-0.4, -0.2) is 66.5 Å². The number of phosphoric ester groups is 1. The van der Waals surface area contributed by atoms with E-state index < -0.39 is 57.8 Å². The zero-order chi connectivity index (χ0) is 56.9. The highest BCUT2D eigenvalue weighted by molar-refractivity contribution is 7.47. The Morgan fingerprint density at radius 3 is 0.974 bits per heavy atom. The second-order valence-electron chi connectivity index (χ2n) is 22.7. The normalized spacial score (nSPS) is 13.3. The molecule has 0 saturated heterocycles. The predicted molar refractivity (Wildman–Crippen MR) is 326 cm³/mol. The minimum Gasteiger partial charge on any atom is -0.462 e. The van der Waals surface area contributed by atoms with Gasteiger partial charge in [-0.05, 0) is 51.4 Å². The van der Waals surface area contributed by atoms with Gasteiger partial charge >= 0.3 is 25.7 Å². The number of unbranched alkanes of at least 4 members (excludes halogenated alkanes) is 42. The number of allylic oxidation sites excluding steroid dienone is 4. The number of carbonyl (C=O) groups excluding carboxylic acids is 3. The number of carbonyl (C=O) groups is 3. The fourth-order valence-corrected chi connectivity index (χ4v) is 10.6. The van der Waals surface area contributed by atoms with Crippen LogP contribution in [0, 0.1) is 0 Å². The van der Waals surface area contributed by atoms with E-state index in [0.29, 0.717) is 19.3 Å². The molecule has 3 unspecified atom stereocenters. The van der Waals surface area contributed by atoms with Crippen molar-refractivity contribution in [2.24, 2.45) is 0 Å². The molecule has 0 aliphatic carbocycles. The molecule has 12 heteroatoms. The van der Waals surface area contributed by atoms with Gasteiger partial charge in [-0.15, -0.1) is 0 Å². The van der Waals surface area contributed by atoms with Gasteiger partial charge in [-0.25, -0.2) is 4.57 Å². The van der Waals surface area contributed by atoms with Crippen LogP contribution in [0.15, 0.2) is 24.3 Å². The van der Waals surface area contributed by atoms with E-state index >= 15 is 0 Å². The lowest BCUT2D eigenvalue weighted by molar-refractivity contribution is -0.161. The van der Waals surface area contributed by atoms with E-state index in [-0.39, 0.29) is 25.9 Å². The van der Waals surface area contributed by atoms with Crippen LogP contribution < -0.4 is 0 Å². The Morgan fingerprint density at radius 2 is 0.628 bits per heavy atom. The van der Waals surface area contributed by atoms with Crippen molar-refractivity contribution in [3.63, 3.8) is 0 Å². The van der Waals surface area contributed by atoms with E-state index in [0.717, 1.165) is 70.6 Å². The van der Waals surface area contributed by atoms with Gasteiger partial charge in [0.2, 0.25) is 0 Å². The summed E-state index contributed by atoms with van der Waals surface area (Å²) < 4.78 is 39.7. The van der Waals surface area contributed by atoms with Gasteiger partial charge in [0, 0.05) is 19.3 Å². The van der Waals surface area contributed by atoms with Crippen molar-refractivity contribution in [1.82, 2.24) is 0 Å². The molecule has 0 aromatic rings. The third kappa shape index (κ3) is 58.6. The highest BCUT2D eigenvalue weighted by Crippen LogP contribution is 2.43. The number of aliphatic hydroxyl groups is 1. The first kappa shape index (κ1) is 76.0. The number of aliphatic hydroxyl groups excluding tert-OH is 1. The Morgan fingerprint density at radius 1 is 0.359 bits per heavy atom. The second-order valence-corrected chi connectivity index (χ2v) is 24.1. The molecule has 0 fully saturated rings. The Hall–Kier alpha value is -2.04. The molecule has 11 nitrogen and oxygen atoms in total. The lowest BCUT2D eigenvalue weighted by Gasteiger charge is -2.21. The zero-order valence-electron chi connectivity index (χ0n) is 51.2. The van der Waals surface area contributed by atoms with Crippen LogP contribution in [0.4, 0.5) is 0 Å². The van der Waals surface area contributed by atoms with E-state index in [1.165, 1.54) is 212 Å². The average molecular weight is 1130 g/mol. The molecular formula is C66H125O11P. The smallest absolute Gasteiger partial charge is 0.462 e. The first-order valence-corrected chi connectivity index (χ1v) is 34.7. The van der Waals surface area contributed by atoms with Crippen LogP contribution in [0.25, 0.3) is 0 Å². The minimum atomic E-state index is -4.75. The molecule has 0 aromatic heterocycles. The highest BCUT2D eigenvalue weighted by Gasteiger charge is 2.28. The van der Waals surface area contributed by atoms with Crippen molar-refractivity contribution in [3.8, 4) is 0 Å². The van der Waals surface area contributed by atoms with E-state index in [1.807, 2.05) is 0 Å². The molecule has 78 heavy (non-hydrogen) atoms. The Bertz CT molecular complexity index is 1400. The maximum atomic E-state index is 13.0. The van der Waals surface area contributed by atoms with Crippen LogP contribution >= 0.6 is 7.82 Å². The Labute approximate surface area is 480 Å². The van der Waals surface area contributed by atoms with Gasteiger partial charge < -0.3 is 24.2 Å². The Kier molecular flexibility index (Phi) is 59.4. The van der Waals surface area contributed by atoms with Crippen LogP contribution in [0.2, 0.25) is 0 Å². The number of hydrogen-bond donors (Lipinski definition) is 2. The van der Waals surface area contributed by atoms with Gasteiger partial charge in [-0.3, -0.25) is 23.4 Å². The standard InChI is InChI=1S/C66H125O11P/c1-4-7-10-13-16-19-22-25-27-29-31-33-35-38-40-43-46-49-52-55-64(68)73-59-63(77-66(70)57-54-51-48-45-42-39-36-34-32-30-28-26-23-20-17-14-11-8-5-2)61-75-78(71,72)74-60-62(58-67)76-65(69)56-53-50-47-44-41-37-24-21-18-15-12-9-6-3/h17,20,26,28,62-63,67H,4-16,18-19,21-25,27,29-61H2,1-3H3,(H,71,72)/b20-17-,28-26-. The van der Waals surface area contributed by atoms with E-state index in [4.69, 9.17) is 23.3 Å². The van der Waals surface area contributed by atoms with E-state index in [1.54, 1.807) is 0 Å². The summed E-state index contributed by atoms with van der Waals surface area (Å²) in [5.74, 6) is -1.43. The van der Waals surface area contributed by atoms with E-state index in [2.05, 4.69) is 45.1 Å². The summed E-state index contributed by atoms with van der Waals surface area (Å²) in [7, 11) is -4.75. The third-order valence-corrected chi connectivity index (χ3v) is 15.8. The maximum Gasteiger partial charge on any atom is 0.472 e. The molecule has 0 heterocycles. The molecule has 0 spiro atoms. The summed E-state index contributed by atoms with van der Waals surface area (Å²) >= 11 is 0. The number of phosphoric acid groups is 1. The van der Waals surface area contributed by atoms with Gasteiger partial charge in [0.05, 0.1) is 19.8 Å². The van der Waals surface area contributed by atoms with Crippen LogP contribution in [0.5, 0.6) is 0 Å². The number of ether oxygens (including phenoxy) is 3. The fraction of sp³-hybridized carbons (Fsp3) is 0.894. The lowest BCUT2D eigenvalue weighted by atomic mass is 10.0. The molecule has 0 amide bonds.